The van der Waals surface area contributed by atoms with E-state index in [1.54, 1.807) is 0 Å². The lowest BCUT2D eigenvalue weighted by molar-refractivity contribution is -0.142. The molecule has 0 bridgehead atoms. The molecular weight excluding hydrogens is 319 g/mol. The average molecular weight is 346 g/mol. The molecule has 8 heteroatoms. The molecular formula is C14H27ClF3N3O. The van der Waals surface area contributed by atoms with Crippen LogP contribution in [0.25, 0.3) is 0 Å². The Morgan fingerprint density at radius 2 is 2.09 bits per heavy atom. The summed E-state index contributed by atoms with van der Waals surface area (Å²) >= 11 is 0. The molecule has 22 heavy (non-hydrogen) atoms. The zero-order chi connectivity index (χ0) is 15.3. The van der Waals surface area contributed by atoms with E-state index in [0.29, 0.717) is 31.1 Å². The number of likely N-dealkylation sites (N-methyl/N-ethyl adjacent to an activating group) is 1. The van der Waals surface area contributed by atoms with E-state index >= 15 is 0 Å². The van der Waals surface area contributed by atoms with Gasteiger partial charge in [-0.15, -0.1) is 12.4 Å². The molecule has 0 aromatic heterocycles. The molecule has 1 aliphatic carbocycles. The van der Waals surface area contributed by atoms with Gasteiger partial charge in [-0.25, -0.2) is 0 Å². The van der Waals surface area contributed by atoms with Gasteiger partial charge in [0, 0.05) is 31.7 Å². The topological polar surface area (TPSA) is 36.5 Å². The molecule has 3 unspecified atom stereocenters. The van der Waals surface area contributed by atoms with Crippen LogP contribution in [0.15, 0.2) is 0 Å². The Hall–Kier alpha value is -0.0800. The minimum atomic E-state index is -4.12. The summed E-state index contributed by atoms with van der Waals surface area (Å²) in [6.45, 7) is 2.57. The molecule has 0 aromatic carbocycles. The predicted octanol–water partition coefficient (Wildman–Crippen LogP) is 1.65. The molecule has 3 atom stereocenters. The normalized spacial score (nSPS) is 29.6. The molecule has 0 spiro atoms. The van der Waals surface area contributed by atoms with Gasteiger partial charge in [-0.3, -0.25) is 4.90 Å². The lowest BCUT2D eigenvalue weighted by atomic mass is 9.94. The van der Waals surface area contributed by atoms with E-state index < -0.39 is 12.7 Å². The maximum atomic E-state index is 12.3. The van der Waals surface area contributed by atoms with Gasteiger partial charge < -0.3 is 15.4 Å². The monoisotopic (exact) mass is 345 g/mol. The molecule has 132 valence electrons. The fourth-order valence-electron chi connectivity index (χ4n) is 3.41. The summed E-state index contributed by atoms with van der Waals surface area (Å²) in [6, 6.07) is 0.773. The minimum Gasteiger partial charge on any atom is -0.379 e. The van der Waals surface area contributed by atoms with E-state index in [1.165, 1.54) is 18.4 Å². The Kier molecular flexibility index (Phi) is 8.42. The van der Waals surface area contributed by atoms with Crippen molar-refractivity contribution in [3.63, 3.8) is 0 Å². The minimum absolute atomic E-state index is 0. The molecule has 2 fully saturated rings. The zero-order valence-electron chi connectivity index (χ0n) is 13.0. The molecule has 0 radical (unpaired) electrons. The van der Waals surface area contributed by atoms with E-state index in [9.17, 15) is 13.2 Å². The van der Waals surface area contributed by atoms with Crippen LogP contribution in [-0.4, -0.2) is 69.6 Å². The molecule has 0 aromatic rings. The van der Waals surface area contributed by atoms with Crippen molar-refractivity contribution in [2.75, 3.05) is 46.4 Å². The summed E-state index contributed by atoms with van der Waals surface area (Å²) in [7, 11) is 1.51. The number of ether oxygens (including phenoxy) is 1. The summed E-state index contributed by atoms with van der Waals surface area (Å²) in [5, 5.41) is 6.94. The molecule has 1 saturated carbocycles. The van der Waals surface area contributed by atoms with Crippen molar-refractivity contribution in [1.29, 1.82) is 0 Å². The molecule has 1 heterocycles. The van der Waals surface area contributed by atoms with Crippen molar-refractivity contribution in [1.82, 2.24) is 15.5 Å². The van der Waals surface area contributed by atoms with Crippen molar-refractivity contribution < 1.29 is 17.9 Å². The lowest BCUT2D eigenvalue weighted by Crippen LogP contribution is -2.51. The Bertz CT molecular complexity index is 314. The first kappa shape index (κ1) is 20.0. The highest BCUT2D eigenvalue weighted by atomic mass is 35.5. The smallest absolute Gasteiger partial charge is 0.379 e. The SMILES string of the molecule is CN(CCNC1CCCC1C1COCCN1)CC(F)(F)F.Cl. The molecule has 1 saturated heterocycles. The second-order valence-corrected chi connectivity index (χ2v) is 6.14. The van der Waals surface area contributed by atoms with Crippen molar-refractivity contribution in [2.24, 2.45) is 5.92 Å². The van der Waals surface area contributed by atoms with Crippen molar-refractivity contribution in [2.45, 2.75) is 37.5 Å². The van der Waals surface area contributed by atoms with E-state index in [0.717, 1.165) is 32.6 Å². The van der Waals surface area contributed by atoms with Crippen molar-refractivity contribution in [3.05, 3.63) is 0 Å². The van der Waals surface area contributed by atoms with E-state index in [1.807, 2.05) is 0 Å². The fraction of sp³-hybridized carbons (Fsp3) is 1.00. The van der Waals surface area contributed by atoms with E-state index in [2.05, 4.69) is 10.6 Å². The number of nitrogens with one attached hydrogen (secondary N) is 2. The molecule has 2 rings (SSSR count). The van der Waals surface area contributed by atoms with Gasteiger partial charge in [-0.1, -0.05) is 6.42 Å². The number of nitrogens with zero attached hydrogens (tertiary/aromatic N) is 1. The van der Waals surface area contributed by atoms with Gasteiger partial charge in [0.15, 0.2) is 0 Å². The number of alkyl halides is 3. The number of hydrogen-bond donors (Lipinski definition) is 2. The number of hydrogen-bond acceptors (Lipinski definition) is 4. The van der Waals surface area contributed by atoms with Crippen LogP contribution >= 0.6 is 12.4 Å². The third-order valence-corrected chi connectivity index (χ3v) is 4.39. The van der Waals surface area contributed by atoms with Gasteiger partial charge in [0.05, 0.1) is 19.8 Å². The van der Waals surface area contributed by atoms with Crippen LogP contribution in [0.1, 0.15) is 19.3 Å². The first-order chi connectivity index (χ1) is 9.96. The third-order valence-electron chi connectivity index (χ3n) is 4.39. The first-order valence-electron chi connectivity index (χ1n) is 7.75. The largest absolute Gasteiger partial charge is 0.401 e. The molecule has 1 aliphatic heterocycles. The van der Waals surface area contributed by atoms with Crippen molar-refractivity contribution >= 4 is 12.4 Å². The van der Waals surface area contributed by atoms with Crippen molar-refractivity contribution in [3.8, 4) is 0 Å². The van der Waals surface area contributed by atoms with Gasteiger partial charge in [0.2, 0.25) is 0 Å². The number of rotatable bonds is 6. The maximum Gasteiger partial charge on any atom is 0.401 e. The van der Waals surface area contributed by atoms with Gasteiger partial charge in [0.25, 0.3) is 0 Å². The van der Waals surface area contributed by atoms with Gasteiger partial charge in [-0.05, 0) is 25.8 Å². The van der Waals surface area contributed by atoms with Crippen LogP contribution in [0.4, 0.5) is 13.2 Å². The summed E-state index contributed by atoms with van der Waals surface area (Å²) in [5.74, 6) is 0.526. The van der Waals surface area contributed by atoms with E-state index in [4.69, 9.17) is 4.74 Å². The van der Waals surface area contributed by atoms with Crippen LogP contribution in [-0.2, 0) is 4.74 Å². The van der Waals surface area contributed by atoms with Crippen LogP contribution in [0.3, 0.4) is 0 Å². The highest BCUT2D eigenvalue weighted by Crippen LogP contribution is 2.29. The van der Waals surface area contributed by atoms with Crippen LogP contribution in [0, 0.1) is 5.92 Å². The van der Waals surface area contributed by atoms with Gasteiger partial charge >= 0.3 is 6.18 Å². The molecule has 2 N–H and O–H groups in total. The molecule has 4 nitrogen and oxygen atoms in total. The van der Waals surface area contributed by atoms with Crippen LogP contribution < -0.4 is 10.6 Å². The van der Waals surface area contributed by atoms with Gasteiger partial charge in [0.1, 0.15) is 0 Å². The number of morpholine rings is 1. The second-order valence-electron chi connectivity index (χ2n) is 6.14. The van der Waals surface area contributed by atoms with Crippen LogP contribution in [0.2, 0.25) is 0 Å². The molecule has 2 aliphatic rings. The highest BCUT2D eigenvalue weighted by Gasteiger charge is 2.34. The third kappa shape index (κ3) is 6.58. The Balaban J connectivity index is 0.00000242. The average Bonchev–Trinajstić information content (AvgIpc) is 2.86. The number of halogens is 4. The summed E-state index contributed by atoms with van der Waals surface area (Å²) < 4.78 is 42.3. The summed E-state index contributed by atoms with van der Waals surface area (Å²) in [6.07, 6.45) is -0.671. The summed E-state index contributed by atoms with van der Waals surface area (Å²) in [4.78, 5) is 1.32. The fourth-order valence-corrected chi connectivity index (χ4v) is 3.41. The van der Waals surface area contributed by atoms with Crippen LogP contribution in [0.5, 0.6) is 0 Å². The first-order valence-corrected chi connectivity index (χ1v) is 7.75. The maximum absolute atomic E-state index is 12.3. The Labute approximate surface area is 136 Å². The van der Waals surface area contributed by atoms with E-state index in [-0.39, 0.29) is 12.4 Å². The predicted molar refractivity (Wildman–Crippen MR) is 82.5 cm³/mol. The Morgan fingerprint density at radius 3 is 2.73 bits per heavy atom. The van der Waals surface area contributed by atoms with Gasteiger partial charge in [-0.2, -0.15) is 13.2 Å². The second kappa shape index (κ2) is 9.27. The zero-order valence-corrected chi connectivity index (χ0v) is 13.8. The Morgan fingerprint density at radius 1 is 1.32 bits per heavy atom. The standard InChI is InChI=1S/C14H26F3N3O.ClH/c1-20(10-14(15,16)17)7-5-18-12-4-2-3-11(12)13-9-21-8-6-19-13;/h11-13,18-19H,2-10H2,1H3;1H. The quantitative estimate of drug-likeness (QED) is 0.767. The summed E-state index contributed by atoms with van der Waals surface area (Å²) in [5.41, 5.74) is 0. The molecule has 0 amide bonds. The highest BCUT2D eigenvalue weighted by molar-refractivity contribution is 5.85. The lowest BCUT2D eigenvalue weighted by Gasteiger charge is -2.33.